The Hall–Kier alpha value is -5.09. The summed E-state index contributed by atoms with van der Waals surface area (Å²) in [6.45, 7) is -7.25. The zero-order chi connectivity index (χ0) is 40.5. The summed E-state index contributed by atoms with van der Waals surface area (Å²) in [7, 11) is 0. The molecule has 2 aromatic heterocycles. The van der Waals surface area contributed by atoms with Crippen molar-refractivity contribution in [1.82, 2.24) is 19.5 Å². The molecule has 0 spiro atoms. The molecule has 0 saturated heterocycles. The van der Waals surface area contributed by atoms with Crippen LogP contribution in [0.1, 0.15) is 46.8 Å². The van der Waals surface area contributed by atoms with Crippen molar-refractivity contribution in [3.05, 3.63) is 132 Å². The number of hydrogen-bond acceptors (Lipinski definition) is 3. The van der Waals surface area contributed by atoms with E-state index in [-0.39, 0.29) is 33.9 Å². The highest BCUT2D eigenvalue weighted by Crippen LogP contribution is 2.50. The molecule has 0 radical (unpaired) electrons. The first-order valence-electron chi connectivity index (χ1n) is 20.3. The zero-order valence-corrected chi connectivity index (χ0v) is 20.6. The van der Waals surface area contributed by atoms with Gasteiger partial charge in [-0.05, 0) is 40.4 Å². The van der Waals surface area contributed by atoms with Crippen LogP contribution in [0, 0.1) is 0 Å². The van der Waals surface area contributed by atoms with Crippen molar-refractivity contribution >= 4 is 21.8 Å². The van der Waals surface area contributed by atoms with Crippen molar-refractivity contribution in [2.24, 2.45) is 0 Å². The van der Waals surface area contributed by atoms with E-state index >= 15 is 0 Å². The summed E-state index contributed by atoms with van der Waals surface area (Å²) < 4.78 is 143. The normalized spacial score (nSPS) is 19.8. The van der Waals surface area contributed by atoms with Crippen LogP contribution in [0.15, 0.2) is 121 Å². The van der Waals surface area contributed by atoms with E-state index in [0.717, 1.165) is 4.57 Å². The second-order valence-corrected chi connectivity index (χ2v) is 9.30. The van der Waals surface area contributed by atoms with Crippen LogP contribution in [-0.4, -0.2) is 19.5 Å². The van der Waals surface area contributed by atoms with E-state index in [1.165, 1.54) is 0 Å². The molecule has 0 bridgehead atoms. The summed E-state index contributed by atoms with van der Waals surface area (Å²) in [6, 6.07) is 9.51. The minimum Gasteiger partial charge on any atom is -0.278 e. The molecule has 0 saturated carbocycles. The Bertz CT molecular complexity index is 2760. The molecule has 8 rings (SSSR count). The third-order valence-corrected chi connectivity index (χ3v) is 6.92. The second kappa shape index (κ2) is 8.45. The van der Waals surface area contributed by atoms with Gasteiger partial charge < -0.3 is 0 Å². The van der Waals surface area contributed by atoms with E-state index in [1.54, 1.807) is 60.7 Å². The summed E-state index contributed by atoms with van der Waals surface area (Å²) in [5.41, 5.74) is -5.85. The van der Waals surface area contributed by atoms with E-state index in [4.69, 9.17) is 29.2 Å². The Labute approximate surface area is 255 Å². The molecule has 0 atom stereocenters. The first-order valence-corrected chi connectivity index (χ1v) is 12.3. The maximum atomic E-state index is 9.86. The molecule has 0 amide bonds. The highest BCUT2D eigenvalue weighted by Gasteiger charge is 2.36. The lowest BCUT2D eigenvalue weighted by molar-refractivity contribution is 0.661. The molecule has 190 valence electrons. The van der Waals surface area contributed by atoms with Crippen LogP contribution < -0.4 is 0 Å². The van der Waals surface area contributed by atoms with Crippen LogP contribution in [0.3, 0.4) is 0 Å². The average molecular weight is 531 g/mol. The van der Waals surface area contributed by atoms with Crippen molar-refractivity contribution < 1.29 is 21.9 Å². The molecule has 5 aromatic carbocycles. The van der Waals surface area contributed by atoms with Crippen LogP contribution in [0.5, 0.6) is 0 Å². The Morgan fingerprint density at radius 2 is 1.27 bits per heavy atom. The molecule has 1 aliphatic carbocycles. The van der Waals surface area contributed by atoms with Gasteiger partial charge in [0.1, 0.15) is 0 Å². The standard InChI is InChI=1S/C36H26N4/c1-36(2)29-19-11-9-17-25(29)27-21-28-26-18-10-12-20-31(26)40(32(28)22-30(27)36)35-38-33(23-13-5-3-6-14-23)37-34(39-35)24-15-7-4-8-16-24/h3-22H,1-2H3/i1D3,2D3,9D,10D,11D,12D,17D,18D,19D,20D,21D,22D. The van der Waals surface area contributed by atoms with Crippen molar-refractivity contribution in [3.8, 4) is 39.9 Å². The minimum absolute atomic E-state index is 0.0967. The van der Waals surface area contributed by atoms with E-state index in [0.29, 0.717) is 11.1 Å². The van der Waals surface area contributed by atoms with Crippen LogP contribution in [-0.2, 0) is 5.41 Å². The van der Waals surface area contributed by atoms with E-state index in [1.807, 2.05) is 0 Å². The predicted octanol–water partition coefficient (Wildman–Crippen LogP) is 8.61. The molecule has 0 fully saturated rings. The molecule has 7 aromatic rings. The van der Waals surface area contributed by atoms with Gasteiger partial charge in [0, 0.05) is 35.5 Å². The zero-order valence-electron chi connectivity index (χ0n) is 36.6. The van der Waals surface area contributed by atoms with Crippen LogP contribution in [0.4, 0.5) is 0 Å². The number of fused-ring (bicyclic) bond motifs is 6. The Balaban J connectivity index is 1.68. The summed E-state index contributed by atoms with van der Waals surface area (Å²) in [5, 5.41) is -0.651. The largest absolute Gasteiger partial charge is 0.278 e. The number of nitrogens with zero attached hydrogens (tertiary/aromatic N) is 4. The van der Waals surface area contributed by atoms with Gasteiger partial charge in [0.05, 0.1) is 24.7 Å². The van der Waals surface area contributed by atoms with E-state index in [9.17, 15) is 2.74 Å². The molecule has 1 aliphatic rings. The third-order valence-electron chi connectivity index (χ3n) is 6.92. The predicted molar refractivity (Wildman–Crippen MR) is 163 cm³/mol. The van der Waals surface area contributed by atoms with Crippen molar-refractivity contribution in [2.75, 3.05) is 0 Å². The quantitative estimate of drug-likeness (QED) is 0.230. The maximum Gasteiger partial charge on any atom is 0.238 e. The minimum atomic E-state index is -3.62. The summed E-state index contributed by atoms with van der Waals surface area (Å²) in [5.74, 6) is -0.123. The molecule has 40 heavy (non-hydrogen) atoms. The summed E-state index contributed by atoms with van der Waals surface area (Å²) >= 11 is 0. The van der Waals surface area contributed by atoms with Crippen LogP contribution in [0.2, 0.25) is 0 Å². The highest BCUT2D eigenvalue weighted by molar-refractivity contribution is 6.11. The molecular weight excluding hydrogens is 488 g/mol. The fourth-order valence-corrected chi connectivity index (χ4v) is 5.08. The van der Waals surface area contributed by atoms with Gasteiger partial charge in [0.15, 0.2) is 11.6 Å². The fraction of sp³-hybridized carbons (Fsp3) is 0.0833. The van der Waals surface area contributed by atoms with Gasteiger partial charge in [-0.2, -0.15) is 9.97 Å². The SMILES string of the molecule is [2H]c1c([2H])c([2H])c2c(c1[2H])-c1c(c([2H])c3c(c1[2H])c1c([2H])c([2H])c([2H])c([2H])c1n3-c1nc(-c3ccccc3)nc(-c3ccccc3)n1)C2(C([2H])([2H])[2H])C([2H])([2H])[2H]. The number of hydrogen-bond donors (Lipinski definition) is 0. The Kier molecular flexibility index (Phi) is 2.53. The molecule has 0 aliphatic heterocycles. The fourth-order valence-electron chi connectivity index (χ4n) is 5.08. The van der Waals surface area contributed by atoms with Crippen molar-refractivity contribution in [1.29, 1.82) is 0 Å². The third kappa shape index (κ3) is 3.29. The van der Waals surface area contributed by atoms with Crippen molar-refractivity contribution in [2.45, 2.75) is 19.1 Å². The van der Waals surface area contributed by atoms with Gasteiger partial charge in [0.25, 0.3) is 0 Å². The first-order chi connectivity index (χ1) is 26.3. The van der Waals surface area contributed by atoms with Gasteiger partial charge >= 0.3 is 0 Å². The van der Waals surface area contributed by atoms with Crippen LogP contribution in [0.25, 0.3) is 61.7 Å². The topological polar surface area (TPSA) is 43.6 Å². The van der Waals surface area contributed by atoms with Crippen molar-refractivity contribution in [3.63, 3.8) is 0 Å². The lowest BCUT2D eigenvalue weighted by Gasteiger charge is -2.21. The summed E-state index contributed by atoms with van der Waals surface area (Å²) in [4.78, 5) is 14.1. The molecular formula is C36H26N4. The maximum absolute atomic E-state index is 9.86. The lowest BCUT2D eigenvalue weighted by atomic mass is 9.82. The molecule has 0 unspecified atom stereocenters. The van der Waals surface area contributed by atoms with Crippen LogP contribution >= 0.6 is 0 Å². The average Bonchev–Trinajstić information content (AvgIpc) is 3.72. The van der Waals surface area contributed by atoms with E-state index in [2.05, 4.69) is 4.98 Å². The first kappa shape index (κ1) is 12.0. The Morgan fingerprint density at radius 1 is 0.625 bits per heavy atom. The van der Waals surface area contributed by atoms with Gasteiger partial charge in [-0.1, -0.05) is 117 Å². The highest BCUT2D eigenvalue weighted by atomic mass is 15.2. The van der Waals surface area contributed by atoms with Gasteiger partial charge in [0.2, 0.25) is 5.95 Å². The van der Waals surface area contributed by atoms with E-state index < -0.39 is 107 Å². The molecule has 2 heterocycles. The second-order valence-electron chi connectivity index (χ2n) is 9.30. The molecule has 0 N–H and O–H groups in total. The number of para-hydroxylation sites is 1. The molecule has 4 heteroatoms. The number of benzene rings is 5. The van der Waals surface area contributed by atoms with Gasteiger partial charge in [-0.15, -0.1) is 0 Å². The number of rotatable bonds is 3. The Morgan fingerprint density at radius 3 is 1.98 bits per heavy atom. The monoisotopic (exact) mass is 530 g/mol. The molecule has 4 nitrogen and oxygen atoms in total. The number of aromatic nitrogens is 4. The summed E-state index contributed by atoms with van der Waals surface area (Å²) in [6.07, 6.45) is 0. The lowest BCUT2D eigenvalue weighted by Crippen LogP contribution is -2.15. The van der Waals surface area contributed by atoms with Gasteiger partial charge in [-0.25, -0.2) is 4.98 Å². The smallest absolute Gasteiger partial charge is 0.238 e. The van der Waals surface area contributed by atoms with Gasteiger partial charge in [-0.3, -0.25) is 4.57 Å².